The summed E-state index contributed by atoms with van der Waals surface area (Å²) < 4.78 is 6.80. The third-order valence-electron chi connectivity index (χ3n) is 2.84. The molecule has 1 aromatic heterocycles. The Morgan fingerprint density at radius 3 is 3.07 bits per heavy atom. The minimum atomic E-state index is -0.821. The van der Waals surface area contributed by atoms with Gasteiger partial charge in [-0.2, -0.15) is 10.4 Å². The molecule has 0 amide bonds. The first-order valence-corrected chi connectivity index (χ1v) is 4.83. The van der Waals surface area contributed by atoms with Crippen molar-refractivity contribution in [2.75, 3.05) is 13.2 Å². The van der Waals surface area contributed by atoms with Gasteiger partial charge in [0.25, 0.3) is 0 Å². The predicted molar refractivity (Wildman–Crippen MR) is 51.6 cm³/mol. The zero-order chi connectivity index (χ0) is 10.9. The Hall–Kier alpha value is -1.38. The van der Waals surface area contributed by atoms with Gasteiger partial charge in [0.1, 0.15) is 11.5 Å². The lowest BCUT2D eigenvalue weighted by atomic mass is 9.80. The SMILES string of the molecule is Cn1cc(C(O)C2(C#N)CCOC2)cn1. The summed E-state index contributed by atoms with van der Waals surface area (Å²) in [7, 11) is 1.78. The van der Waals surface area contributed by atoms with Crippen LogP contribution in [0, 0.1) is 16.7 Å². The van der Waals surface area contributed by atoms with Crippen molar-refractivity contribution in [2.45, 2.75) is 12.5 Å². The van der Waals surface area contributed by atoms with E-state index < -0.39 is 11.5 Å². The minimum absolute atomic E-state index is 0.291. The molecule has 1 fully saturated rings. The molecule has 2 atom stereocenters. The van der Waals surface area contributed by atoms with E-state index in [4.69, 9.17) is 10.00 Å². The van der Waals surface area contributed by atoms with E-state index in [9.17, 15) is 5.11 Å². The normalized spacial score (nSPS) is 27.5. The summed E-state index contributed by atoms with van der Waals surface area (Å²) in [5.41, 5.74) is -0.132. The van der Waals surface area contributed by atoms with Gasteiger partial charge in [-0.25, -0.2) is 0 Å². The molecule has 0 aromatic carbocycles. The van der Waals surface area contributed by atoms with Gasteiger partial charge in [0.05, 0.1) is 18.9 Å². The van der Waals surface area contributed by atoms with Crippen molar-refractivity contribution < 1.29 is 9.84 Å². The lowest BCUT2D eigenvalue weighted by Gasteiger charge is -2.24. The van der Waals surface area contributed by atoms with Gasteiger partial charge in [-0.1, -0.05) is 0 Å². The number of aromatic nitrogens is 2. The second kappa shape index (κ2) is 3.65. The van der Waals surface area contributed by atoms with Crippen molar-refractivity contribution >= 4 is 0 Å². The number of aliphatic hydroxyl groups excluding tert-OH is 1. The highest BCUT2D eigenvalue weighted by atomic mass is 16.5. The molecule has 5 heteroatoms. The number of ether oxygens (including phenoxy) is 1. The molecule has 1 aliphatic heterocycles. The van der Waals surface area contributed by atoms with Crippen LogP contribution in [0.2, 0.25) is 0 Å². The maximum atomic E-state index is 10.1. The summed E-state index contributed by atoms with van der Waals surface area (Å²) in [5, 5.41) is 23.2. The van der Waals surface area contributed by atoms with Crippen molar-refractivity contribution in [3.8, 4) is 6.07 Å². The molecule has 2 unspecified atom stereocenters. The van der Waals surface area contributed by atoms with E-state index in [1.54, 1.807) is 24.1 Å². The van der Waals surface area contributed by atoms with E-state index in [0.717, 1.165) is 0 Å². The Kier molecular flexibility index (Phi) is 2.47. The quantitative estimate of drug-likeness (QED) is 0.761. The zero-order valence-corrected chi connectivity index (χ0v) is 8.55. The molecular weight excluding hydrogens is 194 g/mol. The summed E-state index contributed by atoms with van der Waals surface area (Å²) in [4.78, 5) is 0. The van der Waals surface area contributed by atoms with Crippen LogP contribution in [0.25, 0.3) is 0 Å². The van der Waals surface area contributed by atoms with Crippen LogP contribution in [0.1, 0.15) is 18.1 Å². The zero-order valence-electron chi connectivity index (χ0n) is 8.55. The topological polar surface area (TPSA) is 71.1 Å². The van der Waals surface area contributed by atoms with Gasteiger partial charge in [-0.15, -0.1) is 0 Å². The van der Waals surface area contributed by atoms with Gasteiger partial charge >= 0.3 is 0 Å². The standard InChI is InChI=1S/C10H13N3O2/c1-13-5-8(4-12-13)9(14)10(6-11)2-3-15-7-10/h4-5,9,14H,2-3,7H2,1H3. The van der Waals surface area contributed by atoms with Gasteiger partial charge in [0, 0.05) is 25.4 Å². The number of aryl methyl sites for hydroxylation is 1. The second-order valence-corrected chi connectivity index (χ2v) is 3.92. The van der Waals surface area contributed by atoms with Crippen LogP contribution in [0.4, 0.5) is 0 Å². The average Bonchev–Trinajstić information content (AvgIpc) is 2.86. The molecule has 1 aromatic rings. The van der Waals surface area contributed by atoms with E-state index >= 15 is 0 Å². The Balaban J connectivity index is 2.26. The highest BCUT2D eigenvalue weighted by molar-refractivity contribution is 5.18. The molecule has 1 aliphatic rings. The molecule has 15 heavy (non-hydrogen) atoms. The van der Waals surface area contributed by atoms with Gasteiger partial charge in [-0.05, 0) is 6.42 Å². The lowest BCUT2D eigenvalue weighted by molar-refractivity contribution is 0.0503. The molecular formula is C10H13N3O2. The van der Waals surface area contributed by atoms with Crippen LogP contribution in [0.3, 0.4) is 0 Å². The number of hydrogen-bond acceptors (Lipinski definition) is 4. The molecule has 2 heterocycles. The van der Waals surface area contributed by atoms with E-state index in [-0.39, 0.29) is 0 Å². The number of hydrogen-bond donors (Lipinski definition) is 1. The highest BCUT2D eigenvalue weighted by Crippen LogP contribution is 2.40. The fraction of sp³-hybridized carbons (Fsp3) is 0.600. The number of nitrogens with zero attached hydrogens (tertiary/aromatic N) is 3. The summed E-state index contributed by atoms with van der Waals surface area (Å²) in [6.07, 6.45) is 3.06. The summed E-state index contributed by atoms with van der Waals surface area (Å²) in [6, 6.07) is 2.17. The van der Waals surface area contributed by atoms with E-state index in [1.165, 1.54) is 0 Å². The molecule has 0 bridgehead atoms. The van der Waals surface area contributed by atoms with Crippen molar-refractivity contribution in [3.63, 3.8) is 0 Å². The second-order valence-electron chi connectivity index (χ2n) is 3.92. The Labute approximate surface area is 87.9 Å². The molecule has 80 valence electrons. The van der Waals surface area contributed by atoms with Crippen LogP contribution in [0.15, 0.2) is 12.4 Å². The van der Waals surface area contributed by atoms with Gasteiger partial charge in [0.15, 0.2) is 0 Å². The minimum Gasteiger partial charge on any atom is -0.387 e. The number of rotatable bonds is 2. The third-order valence-corrected chi connectivity index (χ3v) is 2.84. The smallest absolute Gasteiger partial charge is 0.113 e. The van der Waals surface area contributed by atoms with Crippen molar-refractivity contribution in [2.24, 2.45) is 12.5 Å². The van der Waals surface area contributed by atoms with Gasteiger partial charge in [0.2, 0.25) is 0 Å². The summed E-state index contributed by atoms with van der Waals surface area (Å²) in [6.45, 7) is 0.824. The van der Waals surface area contributed by atoms with E-state index in [2.05, 4.69) is 11.2 Å². The van der Waals surface area contributed by atoms with E-state index in [0.29, 0.717) is 25.2 Å². The number of aliphatic hydroxyl groups is 1. The molecule has 0 spiro atoms. The first-order valence-electron chi connectivity index (χ1n) is 4.83. The van der Waals surface area contributed by atoms with Crippen molar-refractivity contribution in [1.82, 2.24) is 9.78 Å². The molecule has 5 nitrogen and oxygen atoms in total. The predicted octanol–water partition coefficient (Wildman–Crippen LogP) is 0.384. The van der Waals surface area contributed by atoms with Crippen LogP contribution in [-0.2, 0) is 11.8 Å². The highest BCUT2D eigenvalue weighted by Gasteiger charge is 2.43. The maximum Gasteiger partial charge on any atom is 0.113 e. The molecule has 0 saturated carbocycles. The summed E-state index contributed by atoms with van der Waals surface area (Å²) in [5.74, 6) is 0. The monoisotopic (exact) mass is 207 g/mol. The first-order chi connectivity index (χ1) is 7.18. The average molecular weight is 207 g/mol. The fourth-order valence-electron chi connectivity index (χ4n) is 1.85. The van der Waals surface area contributed by atoms with Crippen LogP contribution >= 0.6 is 0 Å². The third kappa shape index (κ3) is 1.62. The first kappa shape index (κ1) is 10.1. The Bertz CT molecular complexity index is 388. The maximum absolute atomic E-state index is 10.1. The summed E-state index contributed by atoms with van der Waals surface area (Å²) >= 11 is 0. The molecule has 0 aliphatic carbocycles. The van der Waals surface area contributed by atoms with Gasteiger partial charge < -0.3 is 9.84 Å². The molecule has 2 rings (SSSR count). The van der Waals surface area contributed by atoms with Crippen molar-refractivity contribution in [3.05, 3.63) is 18.0 Å². The van der Waals surface area contributed by atoms with Crippen molar-refractivity contribution in [1.29, 1.82) is 5.26 Å². The molecule has 0 radical (unpaired) electrons. The fourth-order valence-corrected chi connectivity index (χ4v) is 1.85. The van der Waals surface area contributed by atoms with E-state index in [1.807, 2.05) is 0 Å². The van der Waals surface area contributed by atoms with Gasteiger partial charge in [-0.3, -0.25) is 4.68 Å². The van der Waals surface area contributed by atoms with Crippen LogP contribution < -0.4 is 0 Å². The Morgan fingerprint density at radius 2 is 2.60 bits per heavy atom. The largest absolute Gasteiger partial charge is 0.387 e. The van der Waals surface area contributed by atoms with Crippen LogP contribution in [0.5, 0.6) is 0 Å². The van der Waals surface area contributed by atoms with Crippen LogP contribution in [-0.4, -0.2) is 28.1 Å². The number of nitriles is 1. The lowest BCUT2D eigenvalue weighted by Crippen LogP contribution is -2.27. The molecule has 1 N–H and O–H groups in total. The molecule has 1 saturated heterocycles. The Morgan fingerprint density at radius 1 is 1.80 bits per heavy atom.